The molecule has 29 heavy (non-hydrogen) atoms. The van der Waals surface area contributed by atoms with Gasteiger partial charge >= 0.3 is 0 Å². The number of fused-ring (bicyclic) bond motifs is 3. The summed E-state index contributed by atoms with van der Waals surface area (Å²) in [5.74, 6) is -2.64. The molecule has 0 saturated heterocycles. The first-order valence-electron chi connectivity index (χ1n) is 8.63. The first-order chi connectivity index (χ1) is 13.5. The third-order valence-electron chi connectivity index (χ3n) is 4.57. The number of rotatable bonds is 2. The summed E-state index contributed by atoms with van der Waals surface area (Å²) in [6, 6.07) is 8.84. The smallest absolute Gasteiger partial charge is 0.230 e. The minimum absolute atomic E-state index is 0.0407. The summed E-state index contributed by atoms with van der Waals surface area (Å²) < 4.78 is 26.0. The fourth-order valence-corrected chi connectivity index (χ4v) is 5.20. The Morgan fingerprint density at radius 3 is 1.59 bits per heavy atom. The van der Waals surface area contributed by atoms with Gasteiger partial charge in [0, 0.05) is 38.8 Å². The molecular formula is C20H18N2O6S. The van der Waals surface area contributed by atoms with Crippen molar-refractivity contribution in [1.29, 1.82) is 0 Å². The Labute approximate surface area is 167 Å². The lowest BCUT2D eigenvalue weighted by Gasteiger charge is -2.26. The molecule has 1 aliphatic rings. The molecule has 2 aromatic rings. The van der Waals surface area contributed by atoms with Crippen LogP contribution in [0.15, 0.2) is 46.2 Å². The Balaban J connectivity index is 2.46. The number of benzene rings is 2. The highest BCUT2D eigenvalue weighted by atomic mass is 32.2. The predicted molar refractivity (Wildman–Crippen MR) is 105 cm³/mol. The quantitative estimate of drug-likeness (QED) is 0.637. The number of carbonyl (C=O) groups excluding carboxylic acids is 4. The average Bonchev–Trinajstić information content (AvgIpc) is 2.82. The maximum atomic E-state index is 13.0. The van der Waals surface area contributed by atoms with Gasteiger partial charge in [0.15, 0.2) is 0 Å². The molecule has 8 nitrogen and oxygen atoms in total. The summed E-state index contributed by atoms with van der Waals surface area (Å²) in [6.45, 7) is 4.59. The van der Waals surface area contributed by atoms with Crippen molar-refractivity contribution in [1.82, 2.24) is 0 Å². The van der Waals surface area contributed by atoms with E-state index in [0.29, 0.717) is 11.1 Å². The SMILES string of the molecule is CC(=O)N(C(C)=O)c1cc2c(cc1N(C(C)=O)C(C)=O)S(=O)(=O)c1ccccc1-2. The van der Waals surface area contributed by atoms with Crippen molar-refractivity contribution in [3.05, 3.63) is 36.4 Å². The fraction of sp³-hybridized carbons (Fsp3) is 0.200. The first-order valence-corrected chi connectivity index (χ1v) is 10.1. The highest BCUT2D eigenvalue weighted by molar-refractivity contribution is 7.92. The second-order valence-electron chi connectivity index (χ2n) is 6.58. The monoisotopic (exact) mass is 414 g/mol. The van der Waals surface area contributed by atoms with E-state index in [9.17, 15) is 27.6 Å². The van der Waals surface area contributed by atoms with Gasteiger partial charge in [-0.1, -0.05) is 18.2 Å². The maximum absolute atomic E-state index is 13.0. The molecule has 3 rings (SSSR count). The van der Waals surface area contributed by atoms with E-state index in [0.717, 1.165) is 37.5 Å². The zero-order chi connectivity index (χ0) is 21.7. The van der Waals surface area contributed by atoms with Gasteiger partial charge in [0.05, 0.1) is 21.2 Å². The normalized spacial score (nSPS) is 13.2. The Bertz CT molecular complexity index is 1170. The molecule has 2 aromatic carbocycles. The molecule has 0 fully saturated rings. The summed E-state index contributed by atoms with van der Waals surface area (Å²) in [5, 5.41) is 0. The van der Waals surface area contributed by atoms with E-state index in [-0.39, 0.29) is 21.2 Å². The molecule has 0 bridgehead atoms. The van der Waals surface area contributed by atoms with Crippen LogP contribution in [0.4, 0.5) is 11.4 Å². The Morgan fingerprint density at radius 2 is 1.10 bits per heavy atom. The van der Waals surface area contributed by atoms with Crippen molar-refractivity contribution in [2.75, 3.05) is 9.80 Å². The number of nitrogens with zero attached hydrogens (tertiary/aromatic N) is 2. The second kappa shape index (κ2) is 6.93. The number of hydrogen-bond acceptors (Lipinski definition) is 6. The molecule has 0 spiro atoms. The zero-order valence-electron chi connectivity index (χ0n) is 16.2. The average molecular weight is 414 g/mol. The van der Waals surface area contributed by atoms with Gasteiger partial charge in [-0.15, -0.1) is 0 Å². The molecule has 0 N–H and O–H groups in total. The summed E-state index contributed by atoms with van der Waals surface area (Å²) >= 11 is 0. The summed E-state index contributed by atoms with van der Waals surface area (Å²) in [4.78, 5) is 50.2. The molecular weight excluding hydrogens is 396 g/mol. The number of anilines is 2. The van der Waals surface area contributed by atoms with Crippen molar-refractivity contribution in [2.45, 2.75) is 37.5 Å². The molecule has 4 amide bonds. The molecule has 0 unspecified atom stereocenters. The second-order valence-corrected chi connectivity index (χ2v) is 8.47. The van der Waals surface area contributed by atoms with Gasteiger partial charge in [-0.3, -0.25) is 19.2 Å². The lowest BCUT2D eigenvalue weighted by molar-refractivity contribution is -0.126. The van der Waals surface area contributed by atoms with Crippen LogP contribution in [-0.4, -0.2) is 32.0 Å². The van der Waals surface area contributed by atoms with E-state index in [2.05, 4.69) is 0 Å². The lowest BCUT2D eigenvalue weighted by atomic mass is 10.0. The Hall–Kier alpha value is -3.33. The van der Waals surface area contributed by atoms with Crippen molar-refractivity contribution >= 4 is 44.8 Å². The lowest BCUT2D eigenvalue weighted by Crippen LogP contribution is -2.38. The van der Waals surface area contributed by atoms with Gasteiger partial charge < -0.3 is 0 Å². The number of sulfone groups is 1. The standard InChI is InChI=1S/C20H18N2O6S/c1-11(23)21(12(2)24)17-9-16-15-7-5-6-8-19(15)29(27,28)20(16)10-18(17)22(13(3)25)14(4)26/h5-10H,1-4H3. The van der Waals surface area contributed by atoms with Crippen LogP contribution in [-0.2, 0) is 29.0 Å². The summed E-state index contributed by atoms with van der Waals surface area (Å²) in [6.07, 6.45) is 0. The van der Waals surface area contributed by atoms with Crippen LogP contribution >= 0.6 is 0 Å². The molecule has 9 heteroatoms. The van der Waals surface area contributed by atoms with Gasteiger partial charge in [-0.25, -0.2) is 18.2 Å². The molecule has 1 heterocycles. The van der Waals surface area contributed by atoms with E-state index in [1.807, 2.05) is 0 Å². The minimum atomic E-state index is -3.89. The van der Waals surface area contributed by atoms with E-state index in [1.54, 1.807) is 18.2 Å². The van der Waals surface area contributed by atoms with Gasteiger partial charge in [-0.2, -0.15) is 0 Å². The van der Waals surface area contributed by atoms with E-state index in [1.165, 1.54) is 18.2 Å². The third-order valence-corrected chi connectivity index (χ3v) is 6.43. The van der Waals surface area contributed by atoms with E-state index in [4.69, 9.17) is 0 Å². The van der Waals surface area contributed by atoms with E-state index >= 15 is 0 Å². The molecule has 0 saturated carbocycles. The van der Waals surface area contributed by atoms with Gasteiger partial charge in [-0.05, 0) is 18.2 Å². The van der Waals surface area contributed by atoms with Crippen molar-refractivity contribution < 1.29 is 27.6 Å². The van der Waals surface area contributed by atoms with E-state index < -0.39 is 33.5 Å². The zero-order valence-corrected chi connectivity index (χ0v) is 17.0. The van der Waals surface area contributed by atoms with Gasteiger partial charge in [0.1, 0.15) is 0 Å². The highest BCUT2D eigenvalue weighted by Crippen LogP contribution is 2.48. The largest absolute Gasteiger partial charge is 0.274 e. The number of imide groups is 2. The van der Waals surface area contributed by atoms with Gasteiger partial charge in [0.2, 0.25) is 33.5 Å². The van der Waals surface area contributed by atoms with Crippen LogP contribution in [0, 0.1) is 0 Å². The Morgan fingerprint density at radius 1 is 0.655 bits per heavy atom. The first kappa shape index (κ1) is 20.4. The van der Waals surface area contributed by atoms with Crippen molar-refractivity contribution in [2.24, 2.45) is 0 Å². The molecule has 0 radical (unpaired) electrons. The summed E-state index contributed by atoms with van der Waals surface area (Å²) in [7, 11) is -3.89. The van der Waals surface area contributed by atoms with Crippen LogP contribution in [0.2, 0.25) is 0 Å². The fourth-order valence-electron chi connectivity index (χ4n) is 3.51. The number of amides is 4. The molecule has 1 aliphatic heterocycles. The van der Waals surface area contributed by atoms with Crippen LogP contribution in [0.3, 0.4) is 0 Å². The topological polar surface area (TPSA) is 109 Å². The van der Waals surface area contributed by atoms with Gasteiger partial charge in [0.25, 0.3) is 0 Å². The summed E-state index contributed by atoms with van der Waals surface area (Å²) in [5.41, 5.74) is 0.519. The third kappa shape index (κ3) is 3.13. The van der Waals surface area contributed by atoms with Crippen LogP contribution in [0.1, 0.15) is 27.7 Å². The minimum Gasteiger partial charge on any atom is -0.274 e. The maximum Gasteiger partial charge on any atom is 0.230 e. The molecule has 0 atom stereocenters. The highest BCUT2D eigenvalue weighted by Gasteiger charge is 2.37. The van der Waals surface area contributed by atoms with Crippen molar-refractivity contribution in [3.8, 4) is 11.1 Å². The van der Waals surface area contributed by atoms with Crippen molar-refractivity contribution in [3.63, 3.8) is 0 Å². The Kier molecular flexibility index (Phi) is 4.87. The number of carbonyl (C=O) groups is 4. The number of hydrogen-bond donors (Lipinski definition) is 0. The van der Waals surface area contributed by atoms with Crippen LogP contribution in [0.25, 0.3) is 11.1 Å². The molecule has 0 aromatic heterocycles. The predicted octanol–water partition coefficient (Wildman–Crippen LogP) is 2.30. The van der Waals surface area contributed by atoms with Crippen LogP contribution < -0.4 is 9.80 Å². The molecule has 0 aliphatic carbocycles. The molecule has 150 valence electrons. The van der Waals surface area contributed by atoms with Crippen LogP contribution in [0.5, 0.6) is 0 Å².